The van der Waals surface area contributed by atoms with Gasteiger partial charge in [-0.05, 0) is 32.1 Å². The van der Waals surface area contributed by atoms with E-state index in [1.54, 1.807) is 0 Å². The number of hydrogen-bond acceptors (Lipinski definition) is 1. The van der Waals surface area contributed by atoms with Crippen molar-refractivity contribution >= 4 is 0 Å². The third kappa shape index (κ3) is 1.03. The number of aliphatic hydroxyl groups is 1. The van der Waals surface area contributed by atoms with E-state index in [-0.39, 0.29) is 5.60 Å². The Morgan fingerprint density at radius 1 is 1.62 bits per heavy atom. The first-order valence-electron chi connectivity index (χ1n) is 3.39. The molecule has 1 N–H and O–H groups in total. The van der Waals surface area contributed by atoms with Crippen LogP contribution >= 0.6 is 0 Å². The van der Waals surface area contributed by atoms with Crippen LogP contribution in [0.1, 0.15) is 33.1 Å². The van der Waals surface area contributed by atoms with Gasteiger partial charge in [0.2, 0.25) is 0 Å². The van der Waals surface area contributed by atoms with Gasteiger partial charge in [-0.1, -0.05) is 6.92 Å². The zero-order chi connectivity index (χ0) is 6.20. The van der Waals surface area contributed by atoms with E-state index >= 15 is 0 Å². The summed E-state index contributed by atoms with van der Waals surface area (Å²) in [4.78, 5) is 0. The topological polar surface area (TPSA) is 20.2 Å². The quantitative estimate of drug-likeness (QED) is 0.577. The summed E-state index contributed by atoms with van der Waals surface area (Å²) in [5.74, 6) is 0.618. The summed E-state index contributed by atoms with van der Waals surface area (Å²) in [6.07, 6.45) is 3.37. The molecule has 0 radical (unpaired) electrons. The van der Waals surface area contributed by atoms with Crippen LogP contribution in [0.3, 0.4) is 0 Å². The fourth-order valence-corrected chi connectivity index (χ4v) is 0.994. The maximum atomic E-state index is 9.46. The molecule has 0 amide bonds. The molecule has 1 nitrogen and oxygen atoms in total. The lowest BCUT2D eigenvalue weighted by atomic mass is 9.98. The van der Waals surface area contributed by atoms with Crippen molar-refractivity contribution in [1.29, 1.82) is 0 Å². The molecule has 1 heteroatoms. The van der Waals surface area contributed by atoms with E-state index in [0.717, 1.165) is 6.42 Å². The zero-order valence-corrected chi connectivity index (χ0v) is 5.65. The highest BCUT2D eigenvalue weighted by atomic mass is 16.3. The van der Waals surface area contributed by atoms with E-state index in [1.807, 2.05) is 13.8 Å². The molecule has 0 aromatic heterocycles. The monoisotopic (exact) mass is 114 g/mol. The predicted molar refractivity (Wildman–Crippen MR) is 33.6 cm³/mol. The summed E-state index contributed by atoms with van der Waals surface area (Å²) in [5, 5.41) is 9.46. The smallest absolute Gasteiger partial charge is 0.0645 e. The molecule has 8 heavy (non-hydrogen) atoms. The molecule has 1 aliphatic rings. The Morgan fingerprint density at radius 3 is 2.25 bits per heavy atom. The largest absolute Gasteiger partial charge is 0.390 e. The van der Waals surface area contributed by atoms with Gasteiger partial charge in [0.25, 0.3) is 0 Å². The first-order valence-corrected chi connectivity index (χ1v) is 3.39. The molecule has 0 saturated heterocycles. The molecule has 48 valence electrons. The van der Waals surface area contributed by atoms with Gasteiger partial charge in [-0.15, -0.1) is 0 Å². The van der Waals surface area contributed by atoms with Gasteiger partial charge in [0.05, 0.1) is 5.60 Å². The normalized spacial score (nSPS) is 27.4. The molecule has 0 unspecified atom stereocenters. The SMILES string of the molecule is CC[C@@](C)(O)C1CC1. The highest BCUT2D eigenvalue weighted by molar-refractivity contribution is 4.89. The molecule has 1 saturated carbocycles. The summed E-state index contributed by atoms with van der Waals surface area (Å²) in [6.45, 7) is 3.98. The van der Waals surface area contributed by atoms with E-state index in [0.29, 0.717) is 5.92 Å². The second kappa shape index (κ2) is 1.73. The van der Waals surface area contributed by atoms with Crippen LogP contribution < -0.4 is 0 Å². The molecule has 0 heterocycles. The van der Waals surface area contributed by atoms with Gasteiger partial charge in [-0.3, -0.25) is 0 Å². The fourth-order valence-electron chi connectivity index (χ4n) is 0.994. The van der Waals surface area contributed by atoms with Gasteiger partial charge in [0.1, 0.15) is 0 Å². The van der Waals surface area contributed by atoms with Gasteiger partial charge in [0.15, 0.2) is 0 Å². The molecule has 0 aromatic carbocycles. The van der Waals surface area contributed by atoms with Crippen LogP contribution in [0, 0.1) is 5.92 Å². The van der Waals surface area contributed by atoms with Gasteiger partial charge < -0.3 is 5.11 Å². The van der Waals surface area contributed by atoms with E-state index in [1.165, 1.54) is 12.8 Å². The van der Waals surface area contributed by atoms with Crippen molar-refractivity contribution in [3.8, 4) is 0 Å². The molecule has 0 bridgehead atoms. The Hall–Kier alpha value is -0.0400. The Morgan fingerprint density at radius 2 is 2.12 bits per heavy atom. The van der Waals surface area contributed by atoms with E-state index in [2.05, 4.69) is 0 Å². The minimum atomic E-state index is -0.347. The summed E-state index contributed by atoms with van der Waals surface area (Å²) < 4.78 is 0. The molecule has 1 rings (SSSR count). The fraction of sp³-hybridized carbons (Fsp3) is 1.00. The van der Waals surface area contributed by atoms with Crippen molar-refractivity contribution in [2.75, 3.05) is 0 Å². The van der Waals surface area contributed by atoms with Crippen molar-refractivity contribution in [3.05, 3.63) is 0 Å². The van der Waals surface area contributed by atoms with Crippen molar-refractivity contribution in [2.45, 2.75) is 38.7 Å². The zero-order valence-electron chi connectivity index (χ0n) is 5.65. The van der Waals surface area contributed by atoms with Crippen LogP contribution in [0.25, 0.3) is 0 Å². The van der Waals surface area contributed by atoms with Crippen LogP contribution in [-0.2, 0) is 0 Å². The maximum absolute atomic E-state index is 9.46. The lowest BCUT2D eigenvalue weighted by Crippen LogP contribution is -2.24. The third-order valence-electron chi connectivity index (χ3n) is 2.17. The highest BCUT2D eigenvalue weighted by Gasteiger charge is 2.37. The van der Waals surface area contributed by atoms with E-state index in [4.69, 9.17) is 0 Å². The van der Waals surface area contributed by atoms with Crippen LogP contribution in [0.4, 0.5) is 0 Å². The second-order valence-corrected chi connectivity index (χ2v) is 2.98. The summed E-state index contributed by atoms with van der Waals surface area (Å²) in [6, 6.07) is 0. The van der Waals surface area contributed by atoms with Gasteiger partial charge in [0, 0.05) is 0 Å². The molecule has 0 spiro atoms. The average Bonchev–Trinajstić information content (AvgIpc) is 2.44. The number of rotatable bonds is 2. The van der Waals surface area contributed by atoms with Crippen LogP contribution in [-0.4, -0.2) is 10.7 Å². The van der Waals surface area contributed by atoms with Crippen LogP contribution in [0.15, 0.2) is 0 Å². The van der Waals surface area contributed by atoms with Crippen molar-refractivity contribution in [1.82, 2.24) is 0 Å². The van der Waals surface area contributed by atoms with Crippen LogP contribution in [0.5, 0.6) is 0 Å². The molecular weight excluding hydrogens is 100 g/mol. The molecule has 1 atom stereocenters. The van der Waals surface area contributed by atoms with Gasteiger partial charge in [-0.25, -0.2) is 0 Å². The van der Waals surface area contributed by atoms with Gasteiger partial charge in [-0.2, -0.15) is 0 Å². The maximum Gasteiger partial charge on any atom is 0.0645 e. The van der Waals surface area contributed by atoms with Crippen LogP contribution in [0.2, 0.25) is 0 Å². The lowest BCUT2D eigenvalue weighted by Gasteiger charge is -2.19. The van der Waals surface area contributed by atoms with E-state index in [9.17, 15) is 5.11 Å². The Labute approximate surface area is 50.7 Å². The van der Waals surface area contributed by atoms with Gasteiger partial charge >= 0.3 is 0 Å². The number of hydrogen-bond donors (Lipinski definition) is 1. The second-order valence-electron chi connectivity index (χ2n) is 2.98. The first kappa shape index (κ1) is 6.09. The Kier molecular flexibility index (Phi) is 1.31. The molecule has 0 aromatic rings. The Balaban J connectivity index is 2.37. The lowest BCUT2D eigenvalue weighted by molar-refractivity contribution is 0.0330. The van der Waals surface area contributed by atoms with Crippen molar-refractivity contribution in [3.63, 3.8) is 0 Å². The minimum Gasteiger partial charge on any atom is -0.390 e. The minimum absolute atomic E-state index is 0.347. The summed E-state index contributed by atoms with van der Waals surface area (Å²) in [5.41, 5.74) is -0.347. The molecule has 1 aliphatic carbocycles. The summed E-state index contributed by atoms with van der Waals surface area (Å²) >= 11 is 0. The molecule has 1 fully saturated rings. The predicted octanol–water partition coefficient (Wildman–Crippen LogP) is 1.56. The summed E-state index contributed by atoms with van der Waals surface area (Å²) in [7, 11) is 0. The first-order chi connectivity index (χ1) is 3.67. The third-order valence-corrected chi connectivity index (χ3v) is 2.17. The highest BCUT2D eigenvalue weighted by Crippen LogP contribution is 2.40. The standard InChI is InChI=1S/C7H14O/c1-3-7(2,8)6-4-5-6/h6,8H,3-5H2,1-2H3/t7-/m1/s1. The van der Waals surface area contributed by atoms with Crippen molar-refractivity contribution in [2.24, 2.45) is 5.92 Å². The average molecular weight is 114 g/mol. The molecular formula is C7H14O. The Bertz CT molecular complexity index is 82.4. The van der Waals surface area contributed by atoms with Crippen molar-refractivity contribution < 1.29 is 5.11 Å². The molecule has 0 aliphatic heterocycles. The van der Waals surface area contributed by atoms with E-state index < -0.39 is 0 Å².